The van der Waals surface area contributed by atoms with E-state index in [9.17, 15) is 15.0 Å². The van der Waals surface area contributed by atoms with Crippen LogP contribution in [0.3, 0.4) is 0 Å². The van der Waals surface area contributed by atoms with Crippen LogP contribution in [0.2, 0.25) is 0 Å². The van der Waals surface area contributed by atoms with Crippen LogP contribution in [0.4, 0.5) is 0 Å². The van der Waals surface area contributed by atoms with E-state index < -0.39 is 28.5 Å². The van der Waals surface area contributed by atoms with Crippen molar-refractivity contribution in [1.82, 2.24) is 0 Å². The monoisotopic (exact) mass is 404 g/mol. The number of hydrogen-bond donors (Lipinski definition) is 2. The number of Topliss-reactive ketones (excluding diaryl/α,β-unsaturated/α-hetero) is 1. The zero-order valence-electron chi connectivity index (χ0n) is 17.7. The first-order valence-corrected chi connectivity index (χ1v) is 11.0. The van der Waals surface area contributed by atoms with Gasteiger partial charge in [0, 0.05) is 17.3 Å². The molecule has 2 spiro atoms. The summed E-state index contributed by atoms with van der Waals surface area (Å²) < 4.78 is 19.3. The summed E-state index contributed by atoms with van der Waals surface area (Å²) in [7, 11) is 0. The molecule has 6 nitrogen and oxygen atoms in total. The first kappa shape index (κ1) is 18.9. The van der Waals surface area contributed by atoms with Crippen LogP contribution in [0.5, 0.6) is 0 Å². The van der Waals surface area contributed by atoms with Crippen LogP contribution in [0.1, 0.15) is 53.4 Å². The number of rotatable bonds is 0. The zero-order chi connectivity index (χ0) is 20.8. The van der Waals surface area contributed by atoms with Crippen LogP contribution >= 0.6 is 0 Å². The molecule has 3 heterocycles. The van der Waals surface area contributed by atoms with Gasteiger partial charge in [-0.3, -0.25) is 4.79 Å². The van der Waals surface area contributed by atoms with E-state index in [0.717, 1.165) is 12.8 Å². The molecule has 4 saturated carbocycles. The van der Waals surface area contributed by atoms with E-state index in [0.29, 0.717) is 18.4 Å². The first-order valence-electron chi connectivity index (χ1n) is 11.0. The minimum absolute atomic E-state index is 0.0540. The number of aliphatic hydroxyl groups is 2. The Kier molecular flexibility index (Phi) is 3.26. The summed E-state index contributed by atoms with van der Waals surface area (Å²) in [5, 5.41) is 23.6. The number of ether oxygens (including phenoxy) is 3. The molecule has 7 fully saturated rings. The highest BCUT2D eigenvalue weighted by Gasteiger charge is 2.86. The van der Waals surface area contributed by atoms with E-state index in [2.05, 4.69) is 20.4 Å². The third-order valence-corrected chi connectivity index (χ3v) is 9.59. The molecule has 29 heavy (non-hydrogen) atoms. The van der Waals surface area contributed by atoms with Gasteiger partial charge < -0.3 is 24.4 Å². The zero-order valence-corrected chi connectivity index (χ0v) is 17.7. The fourth-order valence-corrected chi connectivity index (χ4v) is 8.84. The van der Waals surface area contributed by atoms with Crippen molar-refractivity contribution in [2.24, 2.45) is 34.0 Å². The van der Waals surface area contributed by atoms with Gasteiger partial charge in [0.05, 0.1) is 24.2 Å². The second-order valence-electron chi connectivity index (χ2n) is 11.7. The lowest BCUT2D eigenvalue weighted by Gasteiger charge is -2.74. The molecule has 0 amide bonds. The van der Waals surface area contributed by atoms with E-state index in [-0.39, 0.29) is 47.8 Å². The number of fused-ring (bicyclic) bond motifs is 2. The Morgan fingerprint density at radius 2 is 1.86 bits per heavy atom. The van der Waals surface area contributed by atoms with Gasteiger partial charge in [0.1, 0.15) is 6.10 Å². The van der Waals surface area contributed by atoms with Crippen molar-refractivity contribution in [3.63, 3.8) is 0 Å². The standard InChI is InChI=1S/C23H32O6/c1-11-12-8-13-15-21-10-27-23(26,22(15,9-12)17(11)24)18(25)16(21)19(2,3)7-6-14(21)29-20(4,5)28-13/h12-16,18,25-26H,1,6-10H2,2-5H3/t12-,13-,14-,15-,16+,18-,21-,22-,23+/m0/s1. The van der Waals surface area contributed by atoms with Gasteiger partial charge in [-0.1, -0.05) is 20.4 Å². The molecule has 160 valence electrons. The predicted octanol–water partition coefficient (Wildman–Crippen LogP) is 2.17. The highest BCUT2D eigenvalue weighted by Crippen LogP contribution is 2.77. The Hall–Kier alpha value is -0.790. The molecule has 0 aromatic rings. The number of allylic oxidation sites excluding steroid dienone is 1. The van der Waals surface area contributed by atoms with Gasteiger partial charge >= 0.3 is 0 Å². The van der Waals surface area contributed by atoms with E-state index in [1.165, 1.54) is 0 Å². The average Bonchev–Trinajstić information content (AvgIpc) is 2.75. The number of ketones is 1. The summed E-state index contributed by atoms with van der Waals surface area (Å²) in [6, 6.07) is 0. The average molecular weight is 405 g/mol. The highest BCUT2D eigenvalue weighted by molar-refractivity contribution is 6.04. The predicted molar refractivity (Wildman–Crippen MR) is 102 cm³/mol. The molecule has 3 aliphatic heterocycles. The maximum atomic E-state index is 13.7. The number of carbonyl (C=O) groups excluding carboxylic acids is 1. The largest absolute Gasteiger partial charge is 0.387 e. The van der Waals surface area contributed by atoms with Gasteiger partial charge in [0.15, 0.2) is 11.6 Å². The molecule has 0 aromatic carbocycles. The Labute approximate surface area is 171 Å². The summed E-state index contributed by atoms with van der Waals surface area (Å²) in [6.07, 6.45) is 1.30. The molecule has 9 atom stereocenters. The summed E-state index contributed by atoms with van der Waals surface area (Å²) in [5.74, 6) is -3.39. The van der Waals surface area contributed by atoms with Crippen molar-refractivity contribution in [3.8, 4) is 0 Å². The number of carbonyl (C=O) groups is 1. The van der Waals surface area contributed by atoms with Crippen LogP contribution < -0.4 is 0 Å². The Bertz CT molecular complexity index is 833. The second-order valence-corrected chi connectivity index (χ2v) is 11.7. The van der Waals surface area contributed by atoms with E-state index in [1.807, 2.05) is 13.8 Å². The Morgan fingerprint density at radius 3 is 2.59 bits per heavy atom. The minimum Gasteiger partial charge on any atom is -0.387 e. The molecule has 0 aromatic heterocycles. The van der Waals surface area contributed by atoms with Gasteiger partial charge in [-0.15, -0.1) is 0 Å². The molecule has 6 heteroatoms. The molecule has 0 radical (unpaired) electrons. The lowest BCUT2D eigenvalue weighted by Crippen LogP contribution is -2.84. The Morgan fingerprint density at radius 1 is 1.14 bits per heavy atom. The van der Waals surface area contributed by atoms with Crippen molar-refractivity contribution in [2.45, 2.75) is 83.3 Å². The SMILES string of the molecule is C=C1C(=O)[C@@]23C[C@@H]1C[C@@H]1OC(C)(C)O[C@H]4CCC(C)(C)[C@H]5[C@H](O)[C@@]2(O)OC[C@@]45[C@H]13. The van der Waals surface area contributed by atoms with Crippen LogP contribution in [0.25, 0.3) is 0 Å². The van der Waals surface area contributed by atoms with Gasteiger partial charge in [-0.05, 0) is 56.4 Å². The van der Waals surface area contributed by atoms with Crippen molar-refractivity contribution in [2.75, 3.05) is 6.61 Å². The molecule has 0 unspecified atom stereocenters. The maximum Gasteiger partial charge on any atom is 0.205 e. The smallest absolute Gasteiger partial charge is 0.205 e. The van der Waals surface area contributed by atoms with Gasteiger partial charge in [-0.2, -0.15) is 0 Å². The van der Waals surface area contributed by atoms with Gasteiger partial charge in [-0.25, -0.2) is 0 Å². The van der Waals surface area contributed by atoms with Crippen LogP contribution in [-0.4, -0.2) is 52.5 Å². The summed E-state index contributed by atoms with van der Waals surface area (Å²) in [5.41, 5.74) is -1.44. The van der Waals surface area contributed by atoms with Crippen LogP contribution in [0, 0.1) is 34.0 Å². The van der Waals surface area contributed by atoms with E-state index >= 15 is 0 Å². The topological polar surface area (TPSA) is 85.2 Å². The van der Waals surface area contributed by atoms with Crippen LogP contribution in [-0.2, 0) is 19.0 Å². The molecule has 4 aliphatic carbocycles. The minimum atomic E-state index is -1.91. The first-order chi connectivity index (χ1) is 13.4. The van der Waals surface area contributed by atoms with Crippen molar-refractivity contribution < 1.29 is 29.2 Å². The summed E-state index contributed by atoms with van der Waals surface area (Å²) in [6.45, 7) is 12.6. The van der Waals surface area contributed by atoms with Crippen molar-refractivity contribution >= 4 is 5.78 Å². The molecule has 2 N–H and O–H groups in total. The van der Waals surface area contributed by atoms with Crippen molar-refractivity contribution in [3.05, 3.63) is 12.2 Å². The van der Waals surface area contributed by atoms with E-state index in [1.54, 1.807) is 0 Å². The van der Waals surface area contributed by atoms with E-state index in [4.69, 9.17) is 14.2 Å². The lowest BCUT2D eigenvalue weighted by atomic mass is 9.35. The fraction of sp³-hybridized carbons (Fsp3) is 0.870. The normalized spacial score (nSPS) is 58.7. The molecular formula is C23H32O6. The molecule has 7 aliphatic rings. The molecule has 7 rings (SSSR count). The maximum absolute atomic E-state index is 13.7. The summed E-state index contributed by atoms with van der Waals surface area (Å²) in [4.78, 5) is 13.7. The Balaban J connectivity index is 1.68. The third kappa shape index (κ3) is 1.79. The second kappa shape index (κ2) is 4.99. The van der Waals surface area contributed by atoms with Crippen LogP contribution in [0.15, 0.2) is 12.2 Å². The quantitative estimate of drug-likeness (QED) is 0.602. The van der Waals surface area contributed by atoms with Crippen molar-refractivity contribution in [1.29, 1.82) is 0 Å². The molecule has 3 saturated heterocycles. The molecule has 4 bridgehead atoms. The number of hydrogen-bond acceptors (Lipinski definition) is 6. The molecular weight excluding hydrogens is 372 g/mol. The van der Waals surface area contributed by atoms with Gasteiger partial charge in [0.2, 0.25) is 5.79 Å². The van der Waals surface area contributed by atoms with Gasteiger partial charge in [0.25, 0.3) is 0 Å². The number of aliphatic hydroxyl groups excluding tert-OH is 1. The third-order valence-electron chi connectivity index (χ3n) is 9.59. The summed E-state index contributed by atoms with van der Waals surface area (Å²) >= 11 is 0. The fourth-order valence-electron chi connectivity index (χ4n) is 8.84. The highest BCUT2D eigenvalue weighted by atomic mass is 16.7. The lowest BCUT2D eigenvalue weighted by molar-refractivity contribution is -0.450.